The number of benzene rings is 2. The van der Waals surface area contributed by atoms with Gasteiger partial charge in [-0.1, -0.05) is 71.4 Å². The summed E-state index contributed by atoms with van der Waals surface area (Å²) < 4.78 is 1.77. The van der Waals surface area contributed by atoms with E-state index in [1.807, 2.05) is 0 Å². The quantitative estimate of drug-likeness (QED) is 0.442. The van der Waals surface area contributed by atoms with Crippen molar-refractivity contribution in [3.8, 4) is 0 Å². The minimum Gasteiger partial charge on any atom is -0.294 e. The number of thioether (sulfide) groups is 1. The van der Waals surface area contributed by atoms with Gasteiger partial charge < -0.3 is 0 Å². The highest BCUT2D eigenvalue weighted by Gasteiger charge is 2.29. The van der Waals surface area contributed by atoms with Gasteiger partial charge in [0.05, 0.1) is 11.3 Å². The number of aromatic nitrogens is 4. The predicted octanol–water partition coefficient (Wildman–Crippen LogP) is 4.95. The Morgan fingerprint density at radius 1 is 1.00 bits per heavy atom. The number of carbonyl (C=O) groups is 1. The summed E-state index contributed by atoms with van der Waals surface area (Å²) in [4.78, 5) is 21.8. The molecule has 5 nitrogen and oxygen atoms in total. The van der Waals surface area contributed by atoms with Crippen molar-refractivity contribution in [2.45, 2.75) is 43.5 Å². The van der Waals surface area contributed by atoms with Crippen molar-refractivity contribution in [1.82, 2.24) is 19.6 Å². The molecule has 5 rings (SSSR count). The molecule has 1 aliphatic rings. The molecule has 4 aromatic rings. The second kappa shape index (κ2) is 7.69. The lowest BCUT2D eigenvalue weighted by Crippen LogP contribution is -2.22. The van der Waals surface area contributed by atoms with Gasteiger partial charge in [0.1, 0.15) is 0 Å². The van der Waals surface area contributed by atoms with Crippen molar-refractivity contribution in [2.24, 2.45) is 0 Å². The van der Waals surface area contributed by atoms with Crippen LogP contribution in [-0.2, 0) is 12.2 Å². The lowest BCUT2D eigenvalue weighted by atomic mass is 9.82. The Bertz CT molecular complexity index is 1230. The Labute approximate surface area is 179 Å². The largest absolute Gasteiger partial charge is 0.294 e. The van der Waals surface area contributed by atoms with E-state index in [4.69, 9.17) is 0 Å². The molecule has 0 saturated heterocycles. The zero-order valence-electron chi connectivity index (χ0n) is 17.0. The van der Waals surface area contributed by atoms with Crippen molar-refractivity contribution < 1.29 is 4.79 Å². The second-order valence-electron chi connectivity index (χ2n) is 7.94. The molecule has 0 saturated carbocycles. The SMILES string of the molecule is Cc1ccc(CSc2nc3ncc4c(n3n2)CC(c2ccc(C)cc2)CC4=O)cc1. The van der Waals surface area contributed by atoms with Crippen molar-refractivity contribution in [1.29, 1.82) is 0 Å². The number of aryl methyl sites for hydroxylation is 2. The molecule has 2 heterocycles. The van der Waals surface area contributed by atoms with E-state index in [1.165, 1.54) is 22.3 Å². The first-order valence-corrected chi connectivity index (χ1v) is 11.1. The fourth-order valence-corrected chi connectivity index (χ4v) is 4.67. The van der Waals surface area contributed by atoms with Crippen LogP contribution in [0.2, 0.25) is 0 Å². The topological polar surface area (TPSA) is 60.1 Å². The number of nitrogens with zero attached hydrogens (tertiary/aromatic N) is 4. The maximum atomic E-state index is 12.8. The van der Waals surface area contributed by atoms with Crippen molar-refractivity contribution in [3.05, 3.63) is 88.2 Å². The summed E-state index contributed by atoms with van der Waals surface area (Å²) in [5.74, 6) is 1.63. The number of rotatable bonds is 4. The van der Waals surface area contributed by atoms with E-state index < -0.39 is 0 Å². The Balaban J connectivity index is 1.44. The number of fused-ring (bicyclic) bond motifs is 3. The molecule has 1 aliphatic carbocycles. The Hall–Kier alpha value is -2.99. The summed E-state index contributed by atoms with van der Waals surface area (Å²) in [6, 6.07) is 16.9. The molecule has 0 bridgehead atoms. The highest BCUT2D eigenvalue weighted by atomic mass is 32.2. The molecule has 1 unspecified atom stereocenters. The standard InChI is InChI=1S/C24H22N4OS/c1-15-3-7-17(8-4-15)14-30-24-26-23-25-13-20-21(28(23)27-24)11-19(12-22(20)29)18-9-5-16(2)6-10-18/h3-10,13,19H,11-12,14H2,1-2H3. The molecule has 6 heteroatoms. The zero-order valence-corrected chi connectivity index (χ0v) is 17.8. The van der Waals surface area contributed by atoms with Crippen LogP contribution in [0, 0.1) is 13.8 Å². The third kappa shape index (κ3) is 3.63. The van der Waals surface area contributed by atoms with Gasteiger partial charge in [0.2, 0.25) is 5.16 Å². The molecule has 0 spiro atoms. The van der Waals surface area contributed by atoms with Crippen molar-refractivity contribution in [2.75, 3.05) is 0 Å². The Kier molecular flexibility index (Phi) is 4.87. The molecule has 150 valence electrons. The van der Waals surface area contributed by atoms with Crippen LogP contribution in [0.3, 0.4) is 0 Å². The van der Waals surface area contributed by atoms with E-state index in [2.05, 4.69) is 77.4 Å². The molecule has 0 radical (unpaired) electrons. The van der Waals surface area contributed by atoms with Crippen LogP contribution in [0.15, 0.2) is 59.9 Å². The molecular weight excluding hydrogens is 392 g/mol. The van der Waals surface area contributed by atoms with Gasteiger partial charge in [-0.15, -0.1) is 5.10 Å². The third-order valence-electron chi connectivity index (χ3n) is 5.66. The van der Waals surface area contributed by atoms with E-state index >= 15 is 0 Å². The second-order valence-corrected chi connectivity index (χ2v) is 8.88. The number of carbonyl (C=O) groups excluding carboxylic acids is 1. The number of ketones is 1. The molecule has 0 aliphatic heterocycles. The molecular formula is C24H22N4OS. The molecule has 0 fully saturated rings. The van der Waals surface area contributed by atoms with Gasteiger partial charge >= 0.3 is 0 Å². The van der Waals surface area contributed by atoms with Gasteiger partial charge in [0.15, 0.2) is 5.78 Å². The van der Waals surface area contributed by atoms with Crippen LogP contribution in [-0.4, -0.2) is 25.4 Å². The highest BCUT2D eigenvalue weighted by Crippen LogP contribution is 2.33. The maximum absolute atomic E-state index is 12.8. The fourth-order valence-electron chi connectivity index (χ4n) is 3.90. The van der Waals surface area contributed by atoms with Crippen LogP contribution < -0.4 is 0 Å². The van der Waals surface area contributed by atoms with Crippen molar-refractivity contribution in [3.63, 3.8) is 0 Å². The van der Waals surface area contributed by atoms with E-state index in [9.17, 15) is 4.79 Å². The Morgan fingerprint density at radius 2 is 1.70 bits per heavy atom. The zero-order chi connectivity index (χ0) is 20.7. The third-order valence-corrected chi connectivity index (χ3v) is 6.56. The first kappa shape index (κ1) is 19.0. The molecule has 0 amide bonds. The lowest BCUT2D eigenvalue weighted by molar-refractivity contribution is 0.0962. The van der Waals surface area contributed by atoms with Crippen molar-refractivity contribution >= 4 is 23.3 Å². The van der Waals surface area contributed by atoms with Gasteiger partial charge in [0.25, 0.3) is 5.78 Å². The molecule has 2 aromatic carbocycles. The predicted molar refractivity (Wildman–Crippen MR) is 118 cm³/mol. The fraction of sp³-hybridized carbons (Fsp3) is 0.250. The summed E-state index contributed by atoms with van der Waals surface area (Å²) in [6.07, 6.45) is 2.93. The minimum absolute atomic E-state index is 0.126. The van der Waals surface area contributed by atoms with Gasteiger partial charge in [-0.25, -0.2) is 4.98 Å². The van der Waals surface area contributed by atoms with Crippen LogP contribution in [0.5, 0.6) is 0 Å². The summed E-state index contributed by atoms with van der Waals surface area (Å²) in [5.41, 5.74) is 6.48. The molecule has 2 aromatic heterocycles. The van der Waals surface area contributed by atoms with Gasteiger partial charge in [0, 0.05) is 18.4 Å². The first-order chi connectivity index (χ1) is 14.6. The first-order valence-electron chi connectivity index (χ1n) is 10.1. The van der Waals surface area contributed by atoms with Crippen LogP contribution >= 0.6 is 11.8 Å². The molecule has 30 heavy (non-hydrogen) atoms. The van der Waals surface area contributed by atoms with E-state index in [1.54, 1.807) is 22.5 Å². The average molecular weight is 415 g/mol. The normalized spacial score (nSPS) is 16.1. The molecule has 0 N–H and O–H groups in total. The van der Waals surface area contributed by atoms with Gasteiger partial charge in [-0.05, 0) is 37.3 Å². The maximum Gasteiger partial charge on any atom is 0.253 e. The van der Waals surface area contributed by atoms with E-state index in [-0.39, 0.29) is 11.7 Å². The average Bonchev–Trinajstić information content (AvgIpc) is 3.17. The minimum atomic E-state index is 0.126. The van der Waals surface area contributed by atoms with E-state index in [0.717, 1.165) is 17.9 Å². The highest BCUT2D eigenvalue weighted by molar-refractivity contribution is 7.98. The van der Waals surface area contributed by atoms with Gasteiger partial charge in [-0.3, -0.25) is 4.79 Å². The van der Waals surface area contributed by atoms with E-state index in [0.29, 0.717) is 22.9 Å². The van der Waals surface area contributed by atoms with Crippen LogP contribution in [0.25, 0.3) is 5.78 Å². The summed E-state index contributed by atoms with van der Waals surface area (Å²) >= 11 is 1.59. The monoisotopic (exact) mass is 414 g/mol. The summed E-state index contributed by atoms with van der Waals surface area (Å²) in [6.45, 7) is 4.16. The van der Waals surface area contributed by atoms with Crippen LogP contribution in [0.1, 0.15) is 50.6 Å². The summed E-state index contributed by atoms with van der Waals surface area (Å²) in [7, 11) is 0. The Morgan fingerprint density at radius 3 is 2.43 bits per heavy atom. The van der Waals surface area contributed by atoms with Crippen LogP contribution in [0.4, 0.5) is 0 Å². The number of hydrogen-bond donors (Lipinski definition) is 0. The molecule has 1 atom stereocenters. The smallest absolute Gasteiger partial charge is 0.253 e. The summed E-state index contributed by atoms with van der Waals surface area (Å²) in [5, 5.41) is 5.37. The number of Topliss-reactive ketones (excluding diaryl/α,β-unsaturated/α-hetero) is 1. The van der Waals surface area contributed by atoms with Gasteiger partial charge in [-0.2, -0.15) is 9.50 Å². The number of hydrogen-bond acceptors (Lipinski definition) is 5. The lowest BCUT2D eigenvalue weighted by Gasteiger charge is -2.23.